The van der Waals surface area contributed by atoms with Crippen LogP contribution in [0.25, 0.3) is 0 Å². The summed E-state index contributed by atoms with van der Waals surface area (Å²) in [5.74, 6) is 0.210. The molecule has 82 valence electrons. The lowest BCUT2D eigenvalue weighted by Crippen LogP contribution is -2.50. The van der Waals surface area contributed by atoms with Crippen LogP contribution in [0.15, 0.2) is 0 Å². The Balaban J connectivity index is 2.54. The third kappa shape index (κ3) is 2.45. The van der Waals surface area contributed by atoms with Gasteiger partial charge in [-0.3, -0.25) is 4.79 Å². The van der Waals surface area contributed by atoms with Gasteiger partial charge < -0.3 is 15.7 Å². The van der Waals surface area contributed by atoms with Gasteiger partial charge in [0.25, 0.3) is 0 Å². The van der Waals surface area contributed by atoms with Crippen molar-refractivity contribution in [1.82, 2.24) is 4.90 Å². The molecule has 0 aromatic heterocycles. The van der Waals surface area contributed by atoms with Gasteiger partial charge in [-0.05, 0) is 19.8 Å². The standard InChI is InChI=1S/C10H20N2O2/c1-3-8-6-12(5-4-9(8)13)10(14)7(2)11/h7-9,13H,3-6,11H2,1-2H3. The minimum atomic E-state index is -0.428. The molecule has 1 aliphatic heterocycles. The van der Waals surface area contributed by atoms with E-state index in [1.54, 1.807) is 11.8 Å². The highest BCUT2D eigenvalue weighted by molar-refractivity contribution is 5.81. The van der Waals surface area contributed by atoms with Crippen LogP contribution in [0.4, 0.5) is 0 Å². The quantitative estimate of drug-likeness (QED) is 0.657. The Morgan fingerprint density at radius 3 is 2.86 bits per heavy atom. The van der Waals surface area contributed by atoms with Crippen LogP contribution < -0.4 is 5.73 Å². The zero-order valence-electron chi connectivity index (χ0n) is 8.94. The summed E-state index contributed by atoms with van der Waals surface area (Å²) in [5, 5.41) is 9.64. The van der Waals surface area contributed by atoms with Crippen LogP contribution in [0, 0.1) is 5.92 Å². The van der Waals surface area contributed by atoms with Crippen LogP contribution in [0.1, 0.15) is 26.7 Å². The molecule has 0 saturated carbocycles. The lowest BCUT2D eigenvalue weighted by Gasteiger charge is -2.36. The van der Waals surface area contributed by atoms with Gasteiger partial charge in [-0.1, -0.05) is 6.92 Å². The van der Waals surface area contributed by atoms with Gasteiger partial charge >= 0.3 is 0 Å². The number of aliphatic hydroxyl groups is 1. The highest BCUT2D eigenvalue weighted by atomic mass is 16.3. The predicted octanol–water partition coefficient (Wildman–Crippen LogP) is -0.0470. The van der Waals surface area contributed by atoms with E-state index in [1.165, 1.54) is 0 Å². The number of amides is 1. The molecule has 1 rings (SSSR count). The topological polar surface area (TPSA) is 66.6 Å². The van der Waals surface area contributed by atoms with Gasteiger partial charge in [0.05, 0.1) is 12.1 Å². The summed E-state index contributed by atoms with van der Waals surface area (Å²) >= 11 is 0. The maximum atomic E-state index is 11.6. The summed E-state index contributed by atoms with van der Waals surface area (Å²) < 4.78 is 0. The van der Waals surface area contributed by atoms with Gasteiger partial charge in [0.2, 0.25) is 5.91 Å². The van der Waals surface area contributed by atoms with Crippen molar-refractivity contribution >= 4 is 5.91 Å². The Kier molecular flexibility index (Phi) is 3.89. The number of hydrogen-bond acceptors (Lipinski definition) is 3. The van der Waals surface area contributed by atoms with Crippen molar-refractivity contribution in [1.29, 1.82) is 0 Å². The number of rotatable bonds is 2. The van der Waals surface area contributed by atoms with Crippen molar-refractivity contribution in [2.24, 2.45) is 11.7 Å². The molecule has 0 aromatic carbocycles. The average Bonchev–Trinajstić information content (AvgIpc) is 2.17. The van der Waals surface area contributed by atoms with E-state index in [0.29, 0.717) is 19.5 Å². The van der Waals surface area contributed by atoms with E-state index in [-0.39, 0.29) is 17.9 Å². The number of nitrogens with two attached hydrogens (primary N) is 1. The van der Waals surface area contributed by atoms with Crippen molar-refractivity contribution in [2.45, 2.75) is 38.8 Å². The summed E-state index contributed by atoms with van der Waals surface area (Å²) in [6.45, 7) is 5.03. The predicted molar refractivity (Wildman–Crippen MR) is 54.6 cm³/mol. The normalized spacial score (nSPS) is 30.1. The molecule has 3 unspecified atom stereocenters. The Bertz CT molecular complexity index is 206. The molecule has 3 atom stereocenters. The molecule has 0 bridgehead atoms. The maximum absolute atomic E-state index is 11.6. The van der Waals surface area contributed by atoms with E-state index < -0.39 is 6.04 Å². The molecule has 4 heteroatoms. The molecule has 0 aromatic rings. The highest BCUT2D eigenvalue weighted by Crippen LogP contribution is 2.20. The van der Waals surface area contributed by atoms with Crippen LogP contribution in [0.2, 0.25) is 0 Å². The first-order valence-electron chi connectivity index (χ1n) is 5.28. The minimum Gasteiger partial charge on any atom is -0.393 e. The zero-order valence-corrected chi connectivity index (χ0v) is 8.94. The van der Waals surface area contributed by atoms with E-state index in [4.69, 9.17) is 5.73 Å². The summed E-state index contributed by atoms with van der Waals surface area (Å²) in [7, 11) is 0. The van der Waals surface area contributed by atoms with E-state index in [0.717, 1.165) is 6.42 Å². The molecule has 1 heterocycles. The molecule has 4 nitrogen and oxygen atoms in total. The first-order chi connectivity index (χ1) is 6.56. The van der Waals surface area contributed by atoms with E-state index in [1.807, 2.05) is 6.92 Å². The highest BCUT2D eigenvalue weighted by Gasteiger charge is 2.29. The number of hydrogen-bond donors (Lipinski definition) is 2. The molecule has 1 aliphatic rings. The maximum Gasteiger partial charge on any atom is 0.239 e. The van der Waals surface area contributed by atoms with Gasteiger partial charge in [0, 0.05) is 19.0 Å². The molecule has 0 spiro atoms. The second-order valence-electron chi connectivity index (χ2n) is 4.10. The van der Waals surface area contributed by atoms with E-state index >= 15 is 0 Å². The third-order valence-electron chi connectivity index (χ3n) is 2.92. The molecule has 3 N–H and O–H groups in total. The SMILES string of the molecule is CCC1CN(C(=O)C(C)N)CCC1O. The molecule has 1 amide bonds. The summed E-state index contributed by atoms with van der Waals surface area (Å²) in [5.41, 5.74) is 5.53. The van der Waals surface area contributed by atoms with E-state index in [9.17, 15) is 9.90 Å². The number of nitrogens with zero attached hydrogens (tertiary/aromatic N) is 1. The smallest absolute Gasteiger partial charge is 0.239 e. The first-order valence-corrected chi connectivity index (χ1v) is 5.28. The van der Waals surface area contributed by atoms with Gasteiger partial charge in [0.15, 0.2) is 0 Å². The van der Waals surface area contributed by atoms with Gasteiger partial charge in [-0.15, -0.1) is 0 Å². The fraction of sp³-hybridized carbons (Fsp3) is 0.900. The first kappa shape index (κ1) is 11.5. The zero-order chi connectivity index (χ0) is 10.7. The Labute approximate surface area is 85.1 Å². The van der Waals surface area contributed by atoms with Crippen molar-refractivity contribution < 1.29 is 9.90 Å². The van der Waals surface area contributed by atoms with Crippen LogP contribution in [-0.2, 0) is 4.79 Å². The van der Waals surface area contributed by atoms with Gasteiger partial charge in [-0.25, -0.2) is 0 Å². The average molecular weight is 200 g/mol. The Morgan fingerprint density at radius 1 is 1.71 bits per heavy atom. The minimum absolute atomic E-state index is 0.00431. The van der Waals surface area contributed by atoms with E-state index in [2.05, 4.69) is 0 Å². The third-order valence-corrected chi connectivity index (χ3v) is 2.92. The van der Waals surface area contributed by atoms with Crippen molar-refractivity contribution in [3.63, 3.8) is 0 Å². The van der Waals surface area contributed by atoms with Crippen molar-refractivity contribution in [3.05, 3.63) is 0 Å². The molecular weight excluding hydrogens is 180 g/mol. The second-order valence-corrected chi connectivity index (χ2v) is 4.10. The monoisotopic (exact) mass is 200 g/mol. The second kappa shape index (κ2) is 4.75. The lowest BCUT2D eigenvalue weighted by molar-refractivity contribution is -0.136. The molecule has 0 aliphatic carbocycles. The summed E-state index contributed by atoms with van der Waals surface area (Å²) in [6.07, 6.45) is 1.33. The van der Waals surface area contributed by atoms with Crippen LogP contribution in [0.3, 0.4) is 0 Å². The number of likely N-dealkylation sites (tertiary alicyclic amines) is 1. The largest absolute Gasteiger partial charge is 0.393 e. The fourth-order valence-electron chi connectivity index (χ4n) is 1.91. The van der Waals surface area contributed by atoms with Crippen LogP contribution in [0.5, 0.6) is 0 Å². The summed E-state index contributed by atoms with van der Waals surface area (Å²) in [4.78, 5) is 13.4. The number of carbonyl (C=O) groups is 1. The Morgan fingerprint density at radius 2 is 2.36 bits per heavy atom. The van der Waals surface area contributed by atoms with Crippen LogP contribution in [-0.4, -0.2) is 41.1 Å². The van der Waals surface area contributed by atoms with Crippen molar-refractivity contribution in [3.8, 4) is 0 Å². The fourth-order valence-corrected chi connectivity index (χ4v) is 1.91. The number of aliphatic hydroxyl groups excluding tert-OH is 1. The number of carbonyl (C=O) groups excluding carboxylic acids is 1. The van der Waals surface area contributed by atoms with Crippen LogP contribution >= 0.6 is 0 Å². The molecule has 1 fully saturated rings. The van der Waals surface area contributed by atoms with Gasteiger partial charge in [-0.2, -0.15) is 0 Å². The van der Waals surface area contributed by atoms with Crippen molar-refractivity contribution in [2.75, 3.05) is 13.1 Å². The number of piperidine rings is 1. The molecule has 0 radical (unpaired) electrons. The molecule has 1 saturated heterocycles. The molecular formula is C10H20N2O2. The van der Waals surface area contributed by atoms with Gasteiger partial charge in [0.1, 0.15) is 0 Å². The lowest BCUT2D eigenvalue weighted by atomic mass is 9.92. The summed E-state index contributed by atoms with van der Waals surface area (Å²) in [6, 6.07) is -0.428. The Hall–Kier alpha value is -0.610. The molecule has 14 heavy (non-hydrogen) atoms.